The van der Waals surface area contributed by atoms with Crippen LogP contribution in [0, 0.1) is 5.82 Å². The number of nitrogens with zero attached hydrogens (tertiary/aromatic N) is 3. The van der Waals surface area contributed by atoms with Gasteiger partial charge in [-0.15, -0.1) is 0 Å². The lowest BCUT2D eigenvalue weighted by Gasteiger charge is -2.03. The van der Waals surface area contributed by atoms with Crippen molar-refractivity contribution in [1.29, 1.82) is 0 Å². The van der Waals surface area contributed by atoms with Crippen LogP contribution in [0.5, 0.6) is 5.75 Å². The van der Waals surface area contributed by atoms with Crippen LogP contribution in [-0.4, -0.2) is 27.7 Å². The molecule has 0 aliphatic heterocycles. The van der Waals surface area contributed by atoms with Gasteiger partial charge in [-0.05, 0) is 42.5 Å². The topological polar surface area (TPSA) is 57.0 Å². The van der Waals surface area contributed by atoms with Crippen molar-refractivity contribution in [2.24, 2.45) is 0 Å². The number of benzene rings is 3. The average Bonchev–Trinajstić information content (AvgIpc) is 3.47. The van der Waals surface area contributed by atoms with Crippen LogP contribution in [0.3, 0.4) is 0 Å². The molecule has 150 valence electrons. The third-order valence-corrected chi connectivity index (χ3v) is 6.42. The number of thiazole rings is 1. The van der Waals surface area contributed by atoms with E-state index in [1.54, 1.807) is 23.9 Å². The standard InChI is InChI=1S/C24H14FN3O2S/c1-30-15-10-11-18-19(12-15)31-24(26-18)28-22-16-4-2-3-5-17(16)23(29)20(22)21(27-28)13-6-8-14(25)9-7-13/h2-12H,1H3. The van der Waals surface area contributed by atoms with Gasteiger partial charge in [-0.2, -0.15) is 5.10 Å². The quantitative estimate of drug-likeness (QED) is 0.374. The first-order chi connectivity index (χ1) is 15.1. The number of carbonyl (C=O) groups excluding carboxylic acids is 1. The van der Waals surface area contributed by atoms with Gasteiger partial charge < -0.3 is 4.74 Å². The van der Waals surface area contributed by atoms with Crippen molar-refractivity contribution in [1.82, 2.24) is 14.8 Å². The number of halogens is 1. The van der Waals surface area contributed by atoms with Crippen LogP contribution in [0.25, 0.3) is 37.9 Å². The van der Waals surface area contributed by atoms with Crippen LogP contribution in [0.15, 0.2) is 66.7 Å². The number of rotatable bonds is 3. The third kappa shape index (κ3) is 2.63. The number of hydrogen-bond acceptors (Lipinski definition) is 5. The van der Waals surface area contributed by atoms with Crippen molar-refractivity contribution in [3.8, 4) is 33.4 Å². The Bertz CT molecular complexity index is 1500. The molecule has 0 saturated carbocycles. The van der Waals surface area contributed by atoms with E-state index in [1.807, 2.05) is 42.5 Å². The second-order valence-corrected chi connectivity index (χ2v) is 8.20. The van der Waals surface area contributed by atoms with Crippen molar-refractivity contribution < 1.29 is 13.9 Å². The van der Waals surface area contributed by atoms with Gasteiger partial charge in [-0.3, -0.25) is 4.79 Å². The van der Waals surface area contributed by atoms with Gasteiger partial charge in [-0.1, -0.05) is 35.6 Å². The molecule has 0 bridgehead atoms. The summed E-state index contributed by atoms with van der Waals surface area (Å²) < 4.78 is 21.5. The molecule has 2 aromatic heterocycles. The normalized spacial score (nSPS) is 12.3. The summed E-state index contributed by atoms with van der Waals surface area (Å²) in [7, 11) is 1.63. The monoisotopic (exact) mass is 427 g/mol. The zero-order valence-corrected chi connectivity index (χ0v) is 17.1. The van der Waals surface area contributed by atoms with Crippen molar-refractivity contribution in [3.05, 3.63) is 83.7 Å². The SMILES string of the molecule is COc1ccc2nc(-n3nc(-c4ccc(F)cc4)c4c3-c3ccccc3C4=O)sc2c1. The molecule has 31 heavy (non-hydrogen) atoms. The van der Waals surface area contributed by atoms with Gasteiger partial charge in [-0.25, -0.2) is 14.1 Å². The number of ether oxygens (including phenoxy) is 1. The molecular formula is C24H14FN3O2S. The van der Waals surface area contributed by atoms with Crippen LogP contribution in [-0.2, 0) is 0 Å². The molecule has 0 spiro atoms. The largest absolute Gasteiger partial charge is 0.497 e. The zero-order chi connectivity index (χ0) is 21.1. The molecule has 7 heteroatoms. The Morgan fingerprint density at radius 2 is 1.77 bits per heavy atom. The maximum absolute atomic E-state index is 13.5. The lowest BCUT2D eigenvalue weighted by Crippen LogP contribution is -2.00. The Morgan fingerprint density at radius 1 is 1.00 bits per heavy atom. The number of hydrogen-bond donors (Lipinski definition) is 0. The molecule has 0 atom stereocenters. The molecule has 0 fully saturated rings. The summed E-state index contributed by atoms with van der Waals surface area (Å²) in [5.74, 6) is 0.328. The fourth-order valence-electron chi connectivity index (χ4n) is 3.96. The fraction of sp³-hybridized carbons (Fsp3) is 0.0417. The van der Waals surface area contributed by atoms with E-state index in [0.717, 1.165) is 21.5 Å². The smallest absolute Gasteiger partial charge is 0.212 e. The summed E-state index contributed by atoms with van der Waals surface area (Å²) in [4.78, 5) is 18.0. The van der Waals surface area contributed by atoms with E-state index in [0.29, 0.717) is 33.2 Å². The average molecular weight is 427 g/mol. The maximum atomic E-state index is 13.5. The van der Waals surface area contributed by atoms with E-state index in [9.17, 15) is 9.18 Å². The van der Waals surface area contributed by atoms with E-state index in [1.165, 1.54) is 23.5 Å². The lowest BCUT2D eigenvalue weighted by molar-refractivity contribution is 0.104. The zero-order valence-electron chi connectivity index (χ0n) is 16.3. The highest BCUT2D eigenvalue weighted by Crippen LogP contribution is 2.43. The predicted molar refractivity (Wildman–Crippen MR) is 118 cm³/mol. The molecule has 5 aromatic rings. The molecule has 0 N–H and O–H groups in total. The molecule has 0 radical (unpaired) electrons. The van der Waals surface area contributed by atoms with Crippen molar-refractivity contribution in [2.45, 2.75) is 0 Å². The Labute approximate surface area is 180 Å². The second-order valence-electron chi connectivity index (χ2n) is 7.20. The van der Waals surface area contributed by atoms with Crippen LogP contribution < -0.4 is 4.74 Å². The first-order valence-corrected chi connectivity index (χ1v) is 10.4. The Balaban J connectivity index is 1.63. The molecule has 5 nitrogen and oxygen atoms in total. The summed E-state index contributed by atoms with van der Waals surface area (Å²) in [5, 5.41) is 5.43. The highest BCUT2D eigenvalue weighted by Gasteiger charge is 2.35. The van der Waals surface area contributed by atoms with Crippen LogP contribution in [0.1, 0.15) is 15.9 Å². The Kier molecular flexibility index (Phi) is 3.82. The molecule has 3 aromatic carbocycles. The maximum Gasteiger partial charge on any atom is 0.212 e. The number of ketones is 1. The van der Waals surface area contributed by atoms with Gasteiger partial charge in [0.05, 0.1) is 28.6 Å². The summed E-state index contributed by atoms with van der Waals surface area (Å²) in [6, 6.07) is 19.2. The minimum absolute atomic E-state index is 0.0843. The molecule has 6 rings (SSSR count). The third-order valence-electron chi connectivity index (χ3n) is 5.42. The summed E-state index contributed by atoms with van der Waals surface area (Å²) >= 11 is 1.47. The fourth-order valence-corrected chi connectivity index (χ4v) is 4.92. The van der Waals surface area contributed by atoms with Gasteiger partial charge >= 0.3 is 0 Å². The van der Waals surface area contributed by atoms with Crippen molar-refractivity contribution >= 4 is 27.3 Å². The number of carbonyl (C=O) groups is 1. The first kappa shape index (κ1) is 18.0. The minimum atomic E-state index is -0.338. The number of fused-ring (bicyclic) bond motifs is 4. The molecular weight excluding hydrogens is 413 g/mol. The number of methoxy groups -OCH3 is 1. The van der Waals surface area contributed by atoms with Gasteiger partial charge in [0, 0.05) is 16.7 Å². The summed E-state index contributed by atoms with van der Waals surface area (Å²) in [6.45, 7) is 0. The predicted octanol–water partition coefficient (Wildman–Crippen LogP) is 5.51. The van der Waals surface area contributed by atoms with Gasteiger partial charge in [0.2, 0.25) is 5.13 Å². The highest BCUT2D eigenvalue weighted by molar-refractivity contribution is 7.20. The van der Waals surface area contributed by atoms with E-state index in [2.05, 4.69) is 0 Å². The summed E-state index contributed by atoms with van der Waals surface area (Å²) in [6.07, 6.45) is 0. The Morgan fingerprint density at radius 3 is 2.55 bits per heavy atom. The van der Waals surface area contributed by atoms with Crippen molar-refractivity contribution in [2.75, 3.05) is 7.11 Å². The molecule has 1 aliphatic carbocycles. The van der Waals surface area contributed by atoms with Gasteiger partial charge in [0.25, 0.3) is 0 Å². The Hall–Kier alpha value is -3.84. The highest BCUT2D eigenvalue weighted by atomic mass is 32.1. The van der Waals surface area contributed by atoms with E-state index < -0.39 is 0 Å². The summed E-state index contributed by atoms with van der Waals surface area (Å²) in [5.41, 5.74) is 4.71. The number of aromatic nitrogens is 3. The second kappa shape index (κ2) is 6.58. The molecule has 0 amide bonds. The van der Waals surface area contributed by atoms with Crippen LogP contribution in [0.4, 0.5) is 4.39 Å². The first-order valence-electron chi connectivity index (χ1n) is 9.62. The molecule has 2 heterocycles. The van der Waals surface area contributed by atoms with Gasteiger partial charge in [0.15, 0.2) is 5.78 Å². The van der Waals surface area contributed by atoms with E-state index in [4.69, 9.17) is 14.8 Å². The van der Waals surface area contributed by atoms with E-state index >= 15 is 0 Å². The van der Waals surface area contributed by atoms with Gasteiger partial charge in [0.1, 0.15) is 17.3 Å². The van der Waals surface area contributed by atoms with Crippen LogP contribution in [0.2, 0.25) is 0 Å². The van der Waals surface area contributed by atoms with Crippen LogP contribution >= 0.6 is 11.3 Å². The molecule has 0 saturated heterocycles. The lowest BCUT2D eigenvalue weighted by atomic mass is 10.0. The van der Waals surface area contributed by atoms with Crippen molar-refractivity contribution in [3.63, 3.8) is 0 Å². The minimum Gasteiger partial charge on any atom is -0.497 e. The van der Waals surface area contributed by atoms with E-state index in [-0.39, 0.29) is 11.6 Å². The molecule has 1 aliphatic rings. The molecule has 0 unspecified atom stereocenters.